The van der Waals surface area contributed by atoms with Gasteiger partial charge in [-0.25, -0.2) is 4.39 Å². The minimum Gasteiger partial charge on any atom is -0.265 e. The van der Waals surface area contributed by atoms with Crippen LogP contribution in [-0.2, 0) is 0 Å². The van der Waals surface area contributed by atoms with E-state index in [-0.39, 0.29) is 18.2 Å². The summed E-state index contributed by atoms with van der Waals surface area (Å²) in [6.07, 6.45) is 3.58. The van der Waals surface area contributed by atoms with Crippen molar-refractivity contribution in [3.63, 3.8) is 0 Å². The van der Waals surface area contributed by atoms with Crippen molar-refractivity contribution in [2.24, 2.45) is 0 Å². The van der Waals surface area contributed by atoms with Gasteiger partial charge in [-0.3, -0.25) is 4.98 Å². The molecule has 0 unspecified atom stereocenters. The first kappa shape index (κ1) is 14.7. The fourth-order valence-electron chi connectivity index (χ4n) is 2.08. The van der Waals surface area contributed by atoms with Gasteiger partial charge in [0.05, 0.1) is 0 Å². The summed E-state index contributed by atoms with van der Waals surface area (Å²) in [5, 5.41) is 0. The standard InChI is InChI=1S/C16H12FNS.ClH/c1-11-10-15(12-2-4-14(17)5-3-12)16(19-11)13-6-8-18-9-7-13;/h2-10H,1H3;1H. The minimum atomic E-state index is -0.207. The number of pyridine rings is 1. The minimum absolute atomic E-state index is 0. The Kier molecular flexibility index (Phi) is 4.53. The Morgan fingerprint density at radius 1 is 0.950 bits per heavy atom. The Labute approximate surface area is 127 Å². The van der Waals surface area contributed by atoms with Crippen LogP contribution < -0.4 is 0 Å². The first-order chi connectivity index (χ1) is 9.24. The average molecular weight is 306 g/mol. The molecular weight excluding hydrogens is 293 g/mol. The van der Waals surface area contributed by atoms with Gasteiger partial charge in [-0.05, 0) is 48.4 Å². The Bertz CT molecular complexity index is 692. The van der Waals surface area contributed by atoms with Crippen LogP contribution in [0.25, 0.3) is 21.6 Å². The molecule has 0 radical (unpaired) electrons. The molecule has 0 aliphatic carbocycles. The summed E-state index contributed by atoms with van der Waals surface area (Å²) >= 11 is 1.74. The number of thiophene rings is 1. The summed E-state index contributed by atoms with van der Waals surface area (Å²) in [6.45, 7) is 2.09. The molecule has 0 bridgehead atoms. The van der Waals surface area contributed by atoms with Crippen molar-refractivity contribution in [2.45, 2.75) is 6.92 Å². The highest BCUT2D eigenvalue weighted by Gasteiger charge is 2.11. The van der Waals surface area contributed by atoms with Gasteiger partial charge in [-0.1, -0.05) is 12.1 Å². The van der Waals surface area contributed by atoms with E-state index in [1.165, 1.54) is 21.9 Å². The van der Waals surface area contributed by atoms with E-state index in [9.17, 15) is 4.39 Å². The maximum atomic E-state index is 13.0. The number of hydrogen-bond donors (Lipinski definition) is 0. The molecule has 20 heavy (non-hydrogen) atoms. The zero-order valence-electron chi connectivity index (χ0n) is 10.8. The Morgan fingerprint density at radius 3 is 2.25 bits per heavy atom. The van der Waals surface area contributed by atoms with Crippen molar-refractivity contribution in [2.75, 3.05) is 0 Å². The van der Waals surface area contributed by atoms with Gasteiger partial charge in [0.1, 0.15) is 5.82 Å². The molecule has 2 aromatic heterocycles. The monoisotopic (exact) mass is 305 g/mol. The van der Waals surface area contributed by atoms with Crippen LogP contribution >= 0.6 is 23.7 Å². The molecule has 0 saturated carbocycles. The molecule has 4 heteroatoms. The highest BCUT2D eigenvalue weighted by atomic mass is 35.5. The molecule has 102 valence electrons. The predicted octanol–water partition coefficient (Wildman–Crippen LogP) is 5.35. The predicted molar refractivity (Wildman–Crippen MR) is 84.9 cm³/mol. The van der Waals surface area contributed by atoms with Crippen LogP contribution in [0.2, 0.25) is 0 Å². The molecule has 3 rings (SSSR count). The third kappa shape index (κ3) is 2.89. The largest absolute Gasteiger partial charge is 0.265 e. The first-order valence-corrected chi connectivity index (χ1v) is 6.82. The lowest BCUT2D eigenvalue weighted by molar-refractivity contribution is 0.628. The quantitative estimate of drug-likeness (QED) is 0.622. The summed E-state index contributed by atoms with van der Waals surface area (Å²) < 4.78 is 13.0. The van der Waals surface area contributed by atoms with Crippen LogP contribution in [0.4, 0.5) is 4.39 Å². The molecule has 0 saturated heterocycles. The number of halogens is 2. The Balaban J connectivity index is 0.00000147. The van der Waals surface area contributed by atoms with Crippen LogP contribution in [0.3, 0.4) is 0 Å². The van der Waals surface area contributed by atoms with Crippen molar-refractivity contribution < 1.29 is 4.39 Å². The number of nitrogens with zero attached hydrogens (tertiary/aromatic N) is 1. The molecular formula is C16H13ClFNS. The third-order valence-electron chi connectivity index (χ3n) is 2.95. The van der Waals surface area contributed by atoms with Gasteiger partial charge in [0, 0.05) is 27.7 Å². The highest BCUT2D eigenvalue weighted by molar-refractivity contribution is 7.16. The van der Waals surface area contributed by atoms with E-state index in [1.807, 2.05) is 24.3 Å². The lowest BCUT2D eigenvalue weighted by Crippen LogP contribution is -1.80. The zero-order chi connectivity index (χ0) is 13.2. The second kappa shape index (κ2) is 6.16. The first-order valence-electron chi connectivity index (χ1n) is 6.01. The van der Waals surface area contributed by atoms with Crippen molar-refractivity contribution in [1.29, 1.82) is 0 Å². The number of rotatable bonds is 2. The normalized spacial score (nSPS) is 10.1. The van der Waals surface area contributed by atoms with Crippen LogP contribution in [0.15, 0.2) is 54.9 Å². The summed E-state index contributed by atoms with van der Waals surface area (Å²) in [4.78, 5) is 6.49. The van der Waals surface area contributed by atoms with E-state index < -0.39 is 0 Å². The molecule has 0 aliphatic heterocycles. The highest BCUT2D eigenvalue weighted by Crippen LogP contribution is 2.38. The molecule has 0 fully saturated rings. The molecule has 1 nitrogen and oxygen atoms in total. The number of aromatic nitrogens is 1. The van der Waals surface area contributed by atoms with E-state index >= 15 is 0 Å². The number of hydrogen-bond acceptors (Lipinski definition) is 2. The molecule has 0 spiro atoms. The van der Waals surface area contributed by atoms with E-state index in [2.05, 4.69) is 18.0 Å². The molecule has 2 heterocycles. The Hall–Kier alpha value is -1.71. The SMILES string of the molecule is Cc1cc(-c2ccc(F)cc2)c(-c2ccncc2)s1.Cl. The van der Waals surface area contributed by atoms with Gasteiger partial charge in [0.15, 0.2) is 0 Å². The van der Waals surface area contributed by atoms with Gasteiger partial charge in [0.25, 0.3) is 0 Å². The fraction of sp³-hybridized carbons (Fsp3) is 0.0625. The van der Waals surface area contributed by atoms with Crippen molar-refractivity contribution in [1.82, 2.24) is 4.98 Å². The smallest absolute Gasteiger partial charge is 0.123 e. The molecule has 0 amide bonds. The maximum absolute atomic E-state index is 13.0. The van der Waals surface area contributed by atoms with Crippen LogP contribution in [0.5, 0.6) is 0 Å². The van der Waals surface area contributed by atoms with Gasteiger partial charge >= 0.3 is 0 Å². The topological polar surface area (TPSA) is 12.9 Å². The summed E-state index contributed by atoms with van der Waals surface area (Å²) in [5.74, 6) is -0.207. The number of aryl methyl sites for hydroxylation is 1. The summed E-state index contributed by atoms with van der Waals surface area (Å²) in [7, 11) is 0. The number of benzene rings is 1. The molecule has 3 aromatic rings. The van der Waals surface area contributed by atoms with Crippen LogP contribution in [0, 0.1) is 12.7 Å². The van der Waals surface area contributed by atoms with Crippen LogP contribution in [-0.4, -0.2) is 4.98 Å². The molecule has 0 atom stereocenters. The Morgan fingerprint density at radius 2 is 1.60 bits per heavy atom. The second-order valence-electron chi connectivity index (χ2n) is 4.34. The van der Waals surface area contributed by atoms with Gasteiger partial charge in [-0.2, -0.15) is 0 Å². The molecule has 1 aromatic carbocycles. The van der Waals surface area contributed by atoms with E-state index in [0.717, 1.165) is 16.7 Å². The second-order valence-corrected chi connectivity index (χ2v) is 5.60. The summed E-state index contributed by atoms with van der Waals surface area (Å²) in [6, 6.07) is 12.8. The lowest BCUT2D eigenvalue weighted by Gasteiger charge is -2.04. The van der Waals surface area contributed by atoms with Gasteiger partial charge < -0.3 is 0 Å². The maximum Gasteiger partial charge on any atom is 0.123 e. The average Bonchev–Trinajstić information content (AvgIpc) is 2.83. The molecule has 0 N–H and O–H groups in total. The van der Waals surface area contributed by atoms with E-state index in [1.54, 1.807) is 23.7 Å². The van der Waals surface area contributed by atoms with E-state index in [0.29, 0.717) is 0 Å². The summed E-state index contributed by atoms with van der Waals surface area (Å²) in [5.41, 5.74) is 3.33. The van der Waals surface area contributed by atoms with Crippen molar-refractivity contribution in [3.8, 4) is 21.6 Å². The van der Waals surface area contributed by atoms with Crippen molar-refractivity contribution >= 4 is 23.7 Å². The zero-order valence-corrected chi connectivity index (χ0v) is 12.5. The fourth-order valence-corrected chi connectivity index (χ4v) is 3.12. The van der Waals surface area contributed by atoms with E-state index in [4.69, 9.17) is 0 Å². The van der Waals surface area contributed by atoms with Crippen molar-refractivity contribution in [3.05, 3.63) is 65.6 Å². The lowest BCUT2D eigenvalue weighted by atomic mass is 10.0. The van der Waals surface area contributed by atoms with Gasteiger partial charge in [0.2, 0.25) is 0 Å². The third-order valence-corrected chi connectivity index (χ3v) is 4.05. The molecule has 0 aliphatic rings. The van der Waals surface area contributed by atoms with Gasteiger partial charge in [-0.15, -0.1) is 23.7 Å². The van der Waals surface area contributed by atoms with Crippen LogP contribution in [0.1, 0.15) is 4.88 Å².